The summed E-state index contributed by atoms with van der Waals surface area (Å²) < 4.78 is 13.6. The van der Waals surface area contributed by atoms with E-state index >= 15 is 0 Å². The molecule has 3 rings (SSSR count). The molecule has 4 nitrogen and oxygen atoms in total. The molecule has 0 aliphatic heterocycles. The van der Waals surface area contributed by atoms with Crippen molar-refractivity contribution < 1.29 is 4.39 Å². The molecule has 3 aromatic rings. The molecule has 1 aromatic carbocycles. The second-order valence-corrected chi connectivity index (χ2v) is 5.04. The Kier molecular flexibility index (Phi) is 4.23. The second kappa shape index (κ2) is 6.47. The topological polar surface area (TPSA) is 41.9 Å². The Balaban J connectivity index is 1.88. The lowest BCUT2D eigenvalue weighted by molar-refractivity contribution is 0.629. The van der Waals surface area contributed by atoms with Gasteiger partial charge in [-0.25, -0.2) is 14.4 Å². The Morgan fingerprint density at radius 3 is 2.68 bits per heavy atom. The second-order valence-electron chi connectivity index (χ2n) is 5.04. The Labute approximate surface area is 128 Å². The lowest BCUT2D eigenvalue weighted by atomic mass is 10.1. The highest BCUT2D eigenvalue weighted by Gasteiger charge is 2.11. The van der Waals surface area contributed by atoms with Gasteiger partial charge in [-0.15, -0.1) is 0 Å². The van der Waals surface area contributed by atoms with E-state index in [1.54, 1.807) is 18.5 Å². The zero-order valence-corrected chi connectivity index (χ0v) is 12.4. The molecule has 0 radical (unpaired) electrons. The smallest absolute Gasteiger partial charge is 0.139 e. The highest BCUT2D eigenvalue weighted by atomic mass is 19.1. The molecule has 0 unspecified atom stereocenters. The van der Waals surface area contributed by atoms with E-state index in [1.165, 1.54) is 24.0 Å². The number of benzene rings is 1. The van der Waals surface area contributed by atoms with E-state index in [0.717, 1.165) is 36.2 Å². The summed E-state index contributed by atoms with van der Waals surface area (Å²) in [5, 5.41) is 0.749. The molecule has 22 heavy (non-hydrogen) atoms. The molecule has 0 fully saturated rings. The molecule has 0 amide bonds. The third kappa shape index (κ3) is 3.03. The number of halogens is 1. The van der Waals surface area contributed by atoms with Gasteiger partial charge in [0.05, 0.1) is 5.52 Å². The molecule has 112 valence electrons. The standard InChI is InChI=1S/C17H17FN4/c1-2-22(10-7-13-5-8-19-9-6-13)17-15-11-14(18)3-4-16(15)20-12-21-17/h3-6,8-9,11-12H,2,7,10H2,1H3. The van der Waals surface area contributed by atoms with E-state index in [2.05, 4.69) is 26.8 Å². The van der Waals surface area contributed by atoms with E-state index in [4.69, 9.17) is 0 Å². The lowest BCUT2D eigenvalue weighted by Gasteiger charge is -2.23. The summed E-state index contributed by atoms with van der Waals surface area (Å²) in [5.41, 5.74) is 1.98. The predicted molar refractivity (Wildman–Crippen MR) is 85.3 cm³/mol. The fourth-order valence-electron chi connectivity index (χ4n) is 2.49. The average Bonchev–Trinajstić information content (AvgIpc) is 2.56. The van der Waals surface area contributed by atoms with Crippen molar-refractivity contribution in [2.75, 3.05) is 18.0 Å². The minimum Gasteiger partial charge on any atom is -0.356 e. The summed E-state index contributed by atoms with van der Waals surface area (Å²) in [5.74, 6) is 0.509. The maximum atomic E-state index is 13.6. The average molecular weight is 296 g/mol. The van der Waals surface area contributed by atoms with E-state index in [9.17, 15) is 4.39 Å². The van der Waals surface area contributed by atoms with Gasteiger partial charge in [0.25, 0.3) is 0 Å². The van der Waals surface area contributed by atoms with Gasteiger partial charge in [-0.3, -0.25) is 4.98 Å². The highest BCUT2D eigenvalue weighted by Crippen LogP contribution is 2.23. The van der Waals surface area contributed by atoms with Crippen LogP contribution in [0.3, 0.4) is 0 Å². The van der Waals surface area contributed by atoms with Crippen LogP contribution in [0.2, 0.25) is 0 Å². The van der Waals surface area contributed by atoms with Crippen molar-refractivity contribution >= 4 is 16.7 Å². The Morgan fingerprint density at radius 2 is 1.91 bits per heavy atom. The van der Waals surface area contributed by atoms with Crippen LogP contribution in [0.15, 0.2) is 49.1 Å². The quantitative estimate of drug-likeness (QED) is 0.725. The molecule has 0 atom stereocenters. The SMILES string of the molecule is CCN(CCc1ccncc1)c1ncnc2ccc(F)cc12. The van der Waals surface area contributed by atoms with E-state index in [1.807, 2.05) is 12.1 Å². The number of pyridine rings is 1. The molecule has 0 aliphatic rings. The molecule has 0 aliphatic carbocycles. The van der Waals surface area contributed by atoms with Crippen LogP contribution in [-0.4, -0.2) is 28.0 Å². The van der Waals surface area contributed by atoms with Crippen LogP contribution < -0.4 is 4.90 Å². The first-order valence-corrected chi connectivity index (χ1v) is 7.32. The van der Waals surface area contributed by atoms with Crippen molar-refractivity contribution in [3.8, 4) is 0 Å². The maximum Gasteiger partial charge on any atom is 0.139 e. The highest BCUT2D eigenvalue weighted by molar-refractivity contribution is 5.89. The van der Waals surface area contributed by atoms with Gasteiger partial charge >= 0.3 is 0 Å². The van der Waals surface area contributed by atoms with Gasteiger partial charge in [0.15, 0.2) is 0 Å². The van der Waals surface area contributed by atoms with E-state index in [-0.39, 0.29) is 5.82 Å². The molecule has 0 bridgehead atoms. The third-order valence-corrected chi connectivity index (χ3v) is 3.68. The Bertz CT molecular complexity index is 761. The van der Waals surface area contributed by atoms with Gasteiger partial charge in [0.1, 0.15) is 18.0 Å². The Hall–Kier alpha value is -2.56. The molecule has 0 N–H and O–H groups in total. The summed E-state index contributed by atoms with van der Waals surface area (Å²) in [6.07, 6.45) is 6.00. The first-order chi connectivity index (χ1) is 10.8. The maximum absolute atomic E-state index is 13.6. The number of rotatable bonds is 5. The Morgan fingerprint density at radius 1 is 1.09 bits per heavy atom. The summed E-state index contributed by atoms with van der Waals surface area (Å²) in [7, 11) is 0. The molecule has 0 spiro atoms. The van der Waals surface area contributed by atoms with E-state index in [0.29, 0.717) is 0 Å². The fraction of sp³-hybridized carbons (Fsp3) is 0.235. The number of aromatic nitrogens is 3. The fourth-order valence-corrected chi connectivity index (χ4v) is 2.49. The largest absolute Gasteiger partial charge is 0.356 e. The summed E-state index contributed by atoms with van der Waals surface area (Å²) in [6.45, 7) is 3.68. The van der Waals surface area contributed by atoms with Crippen molar-refractivity contribution in [1.82, 2.24) is 15.0 Å². The van der Waals surface area contributed by atoms with E-state index < -0.39 is 0 Å². The molecular weight excluding hydrogens is 279 g/mol. The first kappa shape index (κ1) is 14.4. The number of fused-ring (bicyclic) bond motifs is 1. The van der Waals surface area contributed by atoms with Crippen LogP contribution in [-0.2, 0) is 6.42 Å². The van der Waals surface area contributed by atoms with Gasteiger partial charge < -0.3 is 4.90 Å². The first-order valence-electron chi connectivity index (χ1n) is 7.32. The number of likely N-dealkylation sites (N-methyl/N-ethyl adjacent to an activating group) is 1. The van der Waals surface area contributed by atoms with Gasteiger partial charge in [0.2, 0.25) is 0 Å². The van der Waals surface area contributed by atoms with Crippen LogP contribution >= 0.6 is 0 Å². The zero-order valence-electron chi connectivity index (χ0n) is 12.4. The van der Waals surface area contributed by atoms with Gasteiger partial charge in [-0.2, -0.15) is 0 Å². The van der Waals surface area contributed by atoms with Crippen LogP contribution in [0.1, 0.15) is 12.5 Å². The van der Waals surface area contributed by atoms with Crippen molar-refractivity contribution in [1.29, 1.82) is 0 Å². The monoisotopic (exact) mass is 296 g/mol. The van der Waals surface area contributed by atoms with Crippen molar-refractivity contribution in [2.24, 2.45) is 0 Å². The van der Waals surface area contributed by atoms with Crippen LogP contribution in [0.4, 0.5) is 10.2 Å². The molecule has 5 heteroatoms. The molecule has 0 saturated carbocycles. The number of hydrogen-bond acceptors (Lipinski definition) is 4. The zero-order chi connectivity index (χ0) is 15.4. The van der Waals surface area contributed by atoms with Crippen LogP contribution in [0.25, 0.3) is 10.9 Å². The summed E-state index contributed by atoms with van der Waals surface area (Å²) in [6, 6.07) is 8.62. The summed E-state index contributed by atoms with van der Waals surface area (Å²) in [4.78, 5) is 14.7. The van der Waals surface area contributed by atoms with Crippen molar-refractivity contribution in [2.45, 2.75) is 13.3 Å². The molecule has 2 heterocycles. The molecular formula is C17H17FN4. The molecule has 2 aromatic heterocycles. The minimum atomic E-state index is -0.270. The number of anilines is 1. The van der Waals surface area contributed by atoms with Gasteiger partial charge in [-0.05, 0) is 49.2 Å². The minimum absolute atomic E-state index is 0.270. The lowest BCUT2D eigenvalue weighted by Crippen LogP contribution is -2.26. The van der Waals surface area contributed by atoms with Crippen molar-refractivity contribution in [3.05, 3.63) is 60.4 Å². The third-order valence-electron chi connectivity index (χ3n) is 3.68. The predicted octanol–water partition coefficient (Wildman–Crippen LogP) is 3.23. The van der Waals surface area contributed by atoms with Gasteiger partial charge in [-0.1, -0.05) is 0 Å². The number of nitrogens with zero attached hydrogens (tertiary/aromatic N) is 4. The summed E-state index contributed by atoms with van der Waals surface area (Å²) >= 11 is 0. The number of hydrogen-bond donors (Lipinski definition) is 0. The van der Waals surface area contributed by atoms with Gasteiger partial charge in [0, 0.05) is 30.9 Å². The van der Waals surface area contributed by atoms with Crippen molar-refractivity contribution in [3.63, 3.8) is 0 Å². The normalized spacial score (nSPS) is 10.8. The molecule has 0 saturated heterocycles. The van der Waals surface area contributed by atoms with Crippen LogP contribution in [0.5, 0.6) is 0 Å². The van der Waals surface area contributed by atoms with Crippen LogP contribution in [0, 0.1) is 5.82 Å².